The molecule has 0 bridgehead atoms. The summed E-state index contributed by atoms with van der Waals surface area (Å²) in [4.78, 5) is 13.0. The molecule has 3 heterocycles. The van der Waals surface area contributed by atoms with E-state index in [0.29, 0.717) is 18.8 Å². The number of rotatable bonds is 12. The molecular weight excluding hydrogens is 836 g/mol. The number of carbonyl (C=O) groups is 1. The Morgan fingerprint density at radius 1 is 0.688 bits per heavy atom. The molecule has 7 fully saturated rings. The van der Waals surface area contributed by atoms with Crippen LogP contribution in [0.4, 0.5) is 0 Å². The van der Waals surface area contributed by atoms with Crippen molar-refractivity contribution in [2.24, 2.45) is 52.3 Å². The van der Waals surface area contributed by atoms with Gasteiger partial charge in [-0.25, -0.2) is 0 Å². The number of ether oxygens (including phenoxy) is 7. The number of fused-ring (bicyclic) bond motifs is 5. The average molecular weight is 915 g/mol. The molecule has 0 aromatic heterocycles. The van der Waals surface area contributed by atoms with Crippen LogP contribution in [-0.2, 0) is 38.0 Å². The SMILES string of the molecule is CC(=O)OC1C(OC2OC(C)C(O)C(O)C2O)C2C3CCC4CC(OC5OC(CO)C(O)C(O)C5OC5OC(C)C(O)C(O)C5O)CCC4(C)C3CCC2(C)C1C(C)C=CCC(C)C. The molecule has 4 saturated carbocycles. The van der Waals surface area contributed by atoms with E-state index in [1.54, 1.807) is 6.92 Å². The van der Waals surface area contributed by atoms with E-state index in [4.69, 9.17) is 33.2 Å². The quantitative estimate of drug-likeness (QED) is 0.0759. The van der Waals surface area contributed by atoms with E-state index in [2.05, 4.69) is 46.8 Å². The highest BCUT2D eigenvalue weighted by Gasteiger charge is 2.69. The minimum Gasteiger partial charge on any atom is -0.459 e. The Hall–Kier alpha value is -1.39. The van der Waals surface area contributed by atoms with Crippen molar-refractivity contribution in [2.45, 2.75) is 217 Å². The van der Waals surface area contributed by atoms with Gasteiger partial charge >= 0.3 is 5.97 Å². The first-order valence-electron chi connectivity index (χ1n) is 23.9. The zero-order chi connectivity index (χ0) is 46.7. The number of aliphatic hydroxyl groups excluding tert-OH is 9. The van der Waals surface area contributed by atoms with E-state index >= 15 is 0 Å². The van der Waals surface area contributed by atoms with E-state index in [1.165, 1.54) is 13.8 Å². The highest BCUT2D eigenvalue weighted by Crippen LogP contribution is 2.69. The van der Waals surface area contributed by atoms with Gasteiger partial charge in [0.1, 0.15) is 73.2 Å². The van der Waals surface area contributed by atoms with Gasteiger partial charge in [0.05, 0.1) is 24.9 Å². The maximum Gasteiger partial charge on any atom is 0.303 e. The minimum atomic E-state index is -1.67. The third-order valence-corrected chi connectivity index (χ3v) is 17.0. The smallest absolute Gasteiger partial charge is 0.303 e. The van der Waals surface area contributed by atoms with E-state index in [-0.39, 0.29) is 52.4 Å². The lowest BCUT2D eigenvalue weighted by Crippen LogP contribution is -2.64. The maximum atomic E-state index is 13.0. The third-order valence-electron chi connectivity index (χ3n) is 17.0. The second-order valence-corrected chi connectivity index (χ2v) is 21.4. The van der Waals surface area contributed by atoms with Crippen molar-refractivity contribution in [3.63, 3.8) is 0 Å². The summed E-state index contributed by atoms with van der Waals surface area (Å²) in [7, 11) is 0. The summed E-state index contributed by atoms with van der Waals surface area (Å²) in [5.74, 6) is 0.414. The molecule has 9 N–H and O–H groups in total. The first kappa shape index (κ1) is 50.5. The van der Waals surface area contributed by atoms with Crippen molar-refractivity contribution < 1.29 is 83.9 Å². The maximum absolute atomic E-state index is 13.0. The Morgan fingerprint density at radius 2 is 1.28 bits per heavy atom. The summed E-state index contributed by atoms with van der Waals surface area (Å²) < 4.78 is 43.5. The predicted molar refractivity (Wildman–Crippen MR) is 226 cm³/mol. The van der Waals surface area contributed by atoms with Crippen LogP contribution in [0.2, 0.25) is 0 Å². The summed E-state index contributed by atoms with van der Waals surface area (Å²) in [6.45, 7) is 15.1. The second-order valence-electron chi connectivity index (χ2n) is 21.4. The first-order valence-corrected chi connectivity index (χ1v) is 23.9. The number of carbonyl (C=O) groups excluding carboxylic acids is 1. The largest absolute Gasteiger partial charge is 0.459 e. The molecule has 0 aromatic rings. The van der Waals surface area contributed by atoms with Gasteiger partial charge in [0, 0.05) is 12.8 Å². The molecule has 0 aromatic carbocycles. The highest BCUT2D eigenvalue weighted by atomic mass is 16.8. The molecule has 0 amide bonds. The molecule has 368 valence electrons. The number of aliphatic hydroxyl groups is 9. The van der Waals surface area contributed by atoms with E-state index < -0.39 is 117 Å². The van der Waals surface area contributed by atoms with Crippen LogP contribution in [-0.4, -0.2) is 169 Å². The lowest BCUT2D eigenvalue weighted by Gasteiger charge is -2.61. The van der Waals surface area contributed by atoms with Crippen molar-refractivity contribution in [3.05, 3.63) is 12.2 Å². The third kappa shape index (κ3) is 9.37. The van der Waals surface area contributed by atoms with E-state index in [0.717, 1.165) is 38.5 Å². The molecule has 3 saturated heterocycles. The van der Waals surface area contributed by atoms with Crippen molar-refractivity contribution in [1.29, 1.82) is 0 Å². The van der Waals surface area contributed by atoms with Crippen molar-refractivity contribution in [1.82, 2.24) is 0 Å². The van der Waals surface area contributed by atoms with Crippen LogP contribution in [0.5, 0.6) is 0 Å². The monoisotopic (exact) mass is 915 g/mol. The molecule has 17 heteroatoms. The van der Waals surface area contributed by atoms with Crippen LogP contribution in [0.25, 0.3) is 0 Å². The van der Waals surface area contributed by atoms with E-state index in [9.17, 15) is 50.8 Å². The van der Waals surface area contributed by atoms with Crippen molar-refractivity contribution in [2.75, 3.05) is 6.61 Å². The zero-order valence-electron chi connectivity index (χ0n) is 38.7. The Bertz CT molecular complexity index is 1600. The summed E-state index contributed by atoms with van der Waals surface area (Å²) in [6.07, 6.45) is -11.3. The topological polar surface area (TPSA) is 264 Å². The average Bonchev–Trinajstić information content (AvgIpc) is 3.48. The number of allylic oxidation sites excluding steroid dienone is 2. The van der Waals surface area contributed by atoms with Gasteiger partial charge in [-0.1, -0.05) is 46.8 Å². The molecule has 64 heavy (non-hydrogen) atoms. The summed E-state index contributed by atoms with van der Waals surface area (Å²) in [5.41, 5.74) is -0.480. The molecule has 0 spiro atoms. The van der Waals surface area contributed by atoms with Gasteiger partial charge in [-0.15, -0.1) is 0 Å². The molecule has 7 rings (SSSR count). The minimum absolute atomic E-state index is 0.0108. The summed E-state index contributed by atoms with van der Waals surface area (Å²) in [5, 5.41) is 96.2. The Morgan fingerprint density at radius 3 is 1.86 bits per heavy atom. The number of esters is 1. The number of hydrogen-bond acceptors (Lipinski definition) is 17. The zero-order valence-corrected chi connectivity index (χ0v) is 38.7. The molecule has 0 radical (unpaired) electrons. The lowest BCUT2D eigenvalue weighted by molar-refractivity contribution is -0.371. The second kappa shape index (κ2) is 19.9. The molecule has 3 aliphatic heterocycles. The summed E-state index contributed by atoms with van der Waals surface area (Å²) in [6, 6.07) is 0. The van der Waals surface area contributed by atoms with Crippen LogP contribution in [0.1, 0.15) is 107 Å². The normalized spacial score (nSPS) is 52.5. The van der Waals surface area contributed by atoms with Gasteiger partial charge in [-0.05, 0) is 112 Å². The number of hydrogen-bond donors (Lipinski definition) is 9. The van der Waals surface area contributed by atoms with Gasteiger partial charge in [0.2, 0.25) is 0 Å². The molecule has 17 nitrogen and oxygen atoms in total. The van der Waals surface area contributed by atoms with Crippen LogP contribution >= 0.6 is 0 Å². The fourth-order valence-corrected chi connectivity index (χ4v) is 13.6. The molecular formula is C47H78O17. The summed E-state index contributed by atoms with van der Waals surface area (Å²) >= 11 is 0. The Labute approximate surface area is 377 Å². The van der Waals surface area contributed by atoms with Gasteiger partial charge in [-0.2, -0.15) is 0 Å². The van der Waals surface area contributed by atoms with Crippen molar-refractivity contribution >= 4 is 5.97 Å². The first-order chi connectivity index (χ1) is 30.1. The Kier molecular flexibility index (Phi) is 15.7. The Balaban J connectivity index is 1.14. The van der Waals surface area contributed by atoms with Crippen LogP contribution in [0.15, 0.2) is 12.2 Å². The fourth-order valence-electron chi connectivity index (χ4n) is 13.6. The van der Waals surface area contributed by atoms with Gasteiger partial charge in [0.25, 0.3) is 0 Å². The lowest BCUT2D eigenvalue weighted by atomic mass is 9.44. The van der Waals surface area contributed by atoms with Crippen molar-refractivity contribution in [3.8, 4) is 0 Å². The highest BCUT2D eigenvalue weighted by molar-refractivity contribution is 5.66. The molecule has 26 atom stereocenters. The molecule has 4 aliphatic carbocycles. The molecule has 26 unspecified atom stereocenters. The van der Waals surface area contributed by atoms with Crippen LogP contribution in [0.3, 0.4) is 0 Å². The van der Waals surface area contributed by atoms with Crippen LogP contribution < -0.4 is 0 Å². The predicted octanol–water partition coefficient (Wildman–Crippen LogP) is 1.28. The van der Waals surface area contributed by atoms with E-state index in [1.807, 2.05) is 0 Å². The standard InChI is InChI=1S/C47H78O17/c1-20(2)10-9-11-21(3)30-40(60-24(6)49)41(63-43-38(56)35(53)32(50)22(4)58-43)31-27-13-12-25-18-26(14-16-46(25,7)28(27)15-17-47(30,31)8)61-45-42(37(55)34(52)29(19-48)62-45)64-44-39(57)36(54)33(51)23(5)59-44/h9,11,20-23,25-45,48,50-57H,10,12-19H2,1-8H3. The van der Waals surface area contributed by atoms with Gasteiger partial charge in [-0.3, -0.25) is 4.79 Å². The fraction of sp³-hybridized carbons (Fsp3) is 0.936. The van der Waals surface area contributed by atoms with Gasteiger partial charge in [0.15, 0.2) is 18.9 Å². The van der Waals surface area contributed by atoms with Crippen LogP contribution in [0, 0.1) is 52.3 Å². The molecule has 7 aliphatic rings. The van der Waals surface area contributed by atoms with Gasteiger partial charge < -0.3 is 79.1 Å².